The molecule has 1 spiro atoms. The van der Waals surface area contributed by atoms with E-state index in [4.69, 9.17) is 4.74 Å². The number of phenolic OH excluding ortho intramolecular Hbond substituents is 1. The number of carbonyl (C=O) groups is 1. The normalized spacial score (nSPS) is 33.1. The van der Waals surface area contributed by atoms with Gasteiger partial charge < -0.3 is 19.8 Å². The molecule has 0 radical (unpaired) electrons. The van der Waals surface area contributed by atoms with E-state index in [0.717, 1.165) is 42.6 Å². The topological polar surface area (TPSA) is 97.0 Å². The second-order valence-corrected chi connectivity index (χ2v) is 12.6. The average Bonchev–Trinajstić information content (AvgIpc) is 3.71. The molecule has 2 saturated carbocycles. The van der Waals surface area contributed by atoms with E-state index in [0.29, 0.717) is 37.4 Å². The van der Waals surface area contributed by atoms with Crippen molar-refractivity contribution in [2.45, 2.75) is 79.9 Å². The van der Waals surface area contributed by atoms with Crippen LogP contribution in [0.25, 0.3) is 6.08 Å². The number of aromatic hydroxyl groups is 1. The Morgan fingerprint density at radius 1 is 1.26 bits per heavy atom. The zero-order valence-corrected chi connectivity index (χ0v) is 23.1. The van der Waals surface area contributed by atoms with Crippen molar-refractivity contribution in [3.05, 3.63) is 64.7 Å². The Balaban J connectivity index is 1.24. The number of halogens is 3. The van der Waals surface area contributed by atoms with Crippen molar-refractivity contribution < 1.29 is 32.9 Å². The number of piperidine rings is 1. The first-order chi connectivity index (χ1) is 20.0. The highest BCUT2D eigenvalue weighted by Gasteiger charge is 2.75. The van der Waals surface area contributed by atoms with Crippen molar-refractivity contribution in [1.29, 1.82) is 5.26 Å². The van der Waals surface area contributed by atoms with Crippen molar-refractivity contribution in [1.82, 2.24) is 9.80 Å². The molecule has 7 nitrogen and oxygen atoms in total. The number of amides is 1. The van der Waals surface area contributed by atoms with Gasteiger partial charge in [-0.05, 0) is 79.8 Å². The molecule has 6 atom stereocenters. The van der Waals surface area contributed by atoms with Gasteiger partial charge in [0.2, 0.25) is 5.91 Å². The number of carbonyl (C=O) groups excluding carboxylic acids is 1. The number of rotatable bonds is 5. The fourth-order valence-electron chi connectivity index (χ4n) is 8.28. The average molecular weight is 580 g/mol. The molecule has 1 saturated heterocycles. The third-order valence-corrected chi connectivity index (χ3v) is 10.4. The predicted molar refractivity (Wildman–Crippen MR) is 146 cm³/mol. The Labute approximate surface area is 241 Å². The predicted octanol–water partition coefficient (Wildman–Crippen LogP) is 4.41. The van der Waals surface area contributed by atoms with Crippen LogP contribution in [-0.2, 0) is 22.8 Å². The lowest BCUT2D eigenvalue weighted by atomic mass is 9.47. The number of hydrogen-bond acceptors (Lipinski definition) is 6. The highest BCUT2D eigenvalue weighted by Crippen LogP contribution is 2.66. The van der Waals surface area contributed by atoms with Crippen LogP contribution in [0.4, 0.5) is 13.2 Å². The number of likely N-dealkylation sites (tertiary alicyclic amines) is 1. The number of nitriles is 1. The molecule has 220 valence electrons. The molecule has 5 aliphatic rings. The van der Waals surface area contributed by atoms with Crippen molar-refractivity contribution in [2.24, 2.45) is 5.92 Å². The first kappa shape index (κ1) is 27.3. The van der Waals surface area contributed by atoms with Gasteiger partial charge in [0.15, 0.2) is 11.5 Å². The SMILES string of the molecule is CN(C(=O)C=Cc1cccc(C(F)(F)F)c1)[C@H]1CC[C@@]2(O)[C@H]3Cc4ccc(O)c5c4[C@@]2(CC(C#N)N3CC2CC2)[C@H]1O5. The molecule has 1 amide bonds. The summed E-state index contributed by atoms with van der Waals surface area (Å²) in [7, 11) is 1.63. The van der Waals surface area contributed by atoms with Gasteiger partial charge in [-0.25, -0.2) is 0 Å². The van der Waals surface area contributed by atoms with Gasteiger partial charge >= 0.3 is 6.18 Å². The van der Waals surface area contributed by atoms with E-state index in [-0.39, 0.29) is 17.4 Å². The minimum absolute atomic E-state index is 0.0376. The number of benzene rings is 2. The van der Waals surface area contributed by atoms with Crippen molar-refractivity contribution >= 4 is 12.0 Å². The third kappa shape index (κ3) is 3.82. The Morgan fingerprint density at radius 3 is 2.76 bits per heavy atom. The minimum Gasteiger partial charge on any atom is -0.504 e. The van der Waals surface area contributed by atoms with Crippen LogP contribution >= 0.6 is 0 Å². The number of nitrogens with zero attached hydrogens (tertiary/aromatic N) is 3. The maximum atomic E-state index is 13.4. The van der Waals surface area contributed by atoms with Crippen LogP contribution in [0.5, 0.6) is 11.5 Å². The van der Waals surface area contributed by atoms with E-state index >= 15 is 0 Å². The molecular weight excluding hydrogens is 547 g/mol. The molecule has 2 aromatic rings. The van der Waals surface area contributed by atoms with Crippen molar-refractivity contribution in [3.8, 4) is 17.6 Å². The van der Waals surface area contributed by atoms with E-state index in [2.05, 4.69) is 11.0 Å². The van der Waals surface area contributed by atoms with Gasteiger partial charge in [-0.1, -0.05) is 18.2 Å². The maximum Gasteiger partial charge on any atom is 0.416 e. The summed E-state index contributed by atoms with van der Waals surface area (Å²) < 4.78 is 46.0. The van der Waals surface area contributed by atoms with E-state index in [1.807, 2.05) is 6.07 Å². The quantitative estimate of drug-likeness (QED) is 0.510. The van der Waals surface area contributed by atoms with Crippen LogP contribution in [-0.4, -0.2) is 69.3 Å². The summed E-state index contributed by atoms with van der Waals surface area (Å²) >= 11 is 0. The molecule has 2 aliphatic heterocycles. The number of alkyl halides is 3. The molecule has 1 unspecified atom stereocenters. The molecule has 10 heteroatoms. The molecule has 2 bridgehead atoms. The second kappa shape index (κ2) is 9.22. The Bertz CT molecular complexity index is 1530. The first-order valence-electron chi connectivity index (χ1n) is 14.5. The fourth-order valence-corrected chi connectivity index (χ4v) is 8.28. The van der Waals surface area contributed by atoms with Gasteiger partial charge in [0.25, 0.3) is 0 Å². The molecule has 2 aromatic carbocycles. The molecule has 42 heavy (non-hydrogen) atoms. The summed E-state index contributed by atoms with van der Waals surface area (Å²) in [5.74, 6) is 0.381. The number of hydrogen-bond donors (Lipinski definition) is 2. The first-order valence-corrected chi connectivity index (χ1v) is 14.5. The zero-order chi connectivity index (χ0) is 29.6. The lowest BCUT2D eigenvalue weighted by Gasteiger charge is -2.65. The molecule has 2 N–H and O–H groups in total. The molecule has 3 fully saturated rings. The maximum absolute atomic E-state index is 13.4. The largest absolute Gasteiger partial charge is 0.504 e. The zero-order valence-electron chi connectivity index (χ0n) is 23.1. The minimum atomic E-state index is -4.49. The summed E-state index contributed by atoms with van der Waals surface area (Å²) in [5.41, 5.74) is -1.03. The third-order valence-electron chi connectivity index (χ3n) is 10.4. The van der Waals surface area contributed by atoms with Crippen LogP contribution in [0.1, 0.15) is 54.4 Å². The molecule has 0 aromatic heterocycles. The summed E-state index contributed by atoms with van der Waals surface area (Å²) in [5, 5.41) is 33.9. The van der Waals surface area contributed by atoms with E-state index < -0.39 is 46.9 Å². The van der Waals surface area contributed by atoms with Crippen LogP contribution in [0.3, 0.4) is 0 Å². The Hall–Kier alpha value is -3.55. The molecular formula is C32H32F3N3O4. The van der Waals surface area contributed by atoms with Gasteiger partial charge in [0, 0.05) is 31.3 Å². The smallest absolute Gasteiger partial charge is 0.416 e. The summed E-state index contributed by atoms with van der Waals surface area (Å²) in [6, 6.07) is 9.50. The second-order valence-electron chi connectivity index (χ2n) is 12.6. The fraction of sp³-hybridized carbons (Fsp3) is 0.500. The lowest BCUT2D eigenvalue weighted by Crippen LogP contribution is -2.79. The van der Waals surface area contributed by atoms with Crippen LogP contribution in [0, 0.1) is 17.2 Å². The Kier molecular flexibility index (Phi) is 5.99. The van der Waals surface area contributed by atoms with Crippen molar-refractivity contribution in [2.75, 3.05) is 13.6 Å². The van der Waals surface area contributed by atoms with Crippen molar-refractivity contribution in [3.63, 3.8) is 0 Å². The van der Waals surface area contributed by atoms with Gasteiger partial charge in [-0.2, -0.15) is 18.4 Å². The van der Waals surface area contributed by atoms with Crippen LogP contribution in [0.15, 0.2) is 42.5 Å². The van der Waals surface area contributed by atoms with Gasteiger partial charge in [-0.3, -0.25) is 9.69 Å². The summed E-state index contributed by atoms with van der Waals surface area (Å²) in [6.07, 6.45) is 1.31. The summed E-state index contributed by atoms with van der Waals surface area (Å²) in [4.78, 5) is 17.1. The lowest BCUT2D eigenvalue weighted by molar-refractivity contribution is -0.207. The van der Waals surface area contributed by atoms with Gasteiger partial charge in [0.1, 0.15) is 6.10 Å². The summed E-state index contributed by atoms with van der Waals surface area (Å²) in [6.45, 7) is 0.759. The van der Waals surface area contributed by atoms with Gasteiger partial charge in [-0.15, -0.1) is 0 Å². The molecule has 2 heterocycles. The highest BCUT2D eigenvalue weighted by molar-refractivity contribution is 5.92. The van der Waals surface area contributed by atoms with Crippen LogP contribution < -0.4 is 4.74 Å². The number of phenols is 1. The standard InChI is InChI=1S/C32H32F3N3O4/c1-37(26(40)10-7-18-3-2-4-21(13-18)32(33,34)35)23-11-12-31(41)25-14-20-8-9-24(39)28-27(20)30(31,29(23)42-28)15-22(16-36)38(25)17-19-5-6-19/h2-4,7-10,13,19,22-23,25,29,39,41H,5-6,11-12,14-15,17H2,1H3/t22?,23-,25+,29-,30-,31+/m0/s1. The molecule has 7 rings (SSSR count). The van der Waals surface area contributed by atoms with Crippen LogP contribution in [0.2, 0.25) is 0 Å². The number of aliphatic hydroxyl groups is 1. The highest BCUT2D eigenvalue weighted by atomic mass is 19.4. The number of likely N-dealkylation sites (N-methyl/N-ethyl adjacent to an activating group) is 1. The van der Waals surface area contributed by atoms with Gasteiger partial charge in [0.05, 0.1) is 34.7 Å². The Morgan fingerprint density at radius 2 is 2.05 bits per heavy atom. The monoisotopic (exact) mass is 579 g/mol. The van der Waals surface area contributed by atoms with E-state index in [1.54, 1.807) is 13.1 Å². The van der Waals surface area contributed by atoms with E-state index in [9.17, 15) is 33.4 Å². The van der Waals surface area contributed by atoms with E-state index in [1.165, 1.54) is 29.2 Å². The molecule has 3 aliphatic carbocycles. The number of ether oxygens (including phenoxy) is 1.